The second-order valence-corrected chi connectivity index (χ2v) is 6.54. The van der Waals surface area contributed by atoms with Gasteiger partial charge >= 0.3 is 0 Å². The predicted octanol–water partition coefficient (Wildman–Crippen LogP) is 4.97. The van der Waals surface area contributed by atoms with Gasteiger partial charge in [-0.05, 0) is 48.7 Å². The molecule has 0 saturated heterocycles. The molecule has 0 aliphatic heterocycles. The molecule has 0 unspecified atom stereocenters. The number of carbonyl (C=O) groups excluding carboxylic acids is 1. The normalized spacial score (nSPS) is 10.3. The molecule has 1 aromatic heterocycles. The predicted molar refractivity (Wildman–Crippen MR) is 116 cm³/mol. The molecule has 2 N–H and O–H groups in total. The number of amides is 1. The van der Waals surface area contributed by atoms with Crippen LogP contribution in [0.3, 0.4) is 0 Å². The van der Waals surface area contributed by atoms with Crippen molar-refractivity contribution >= 4 is 23.1 Å². The number of aromatic nitrogens is 1. The van der Waals surface area contributed by atoms with Crippen LogP contribution < -0.4 is 20.1 Å². The minimum atomic E-state index is -0.262. The van der Waals surface area contributed by atoms with E-state index in [0.29, 0.717) is 28.6 Å². The van der Waals surface area contributed by atoms with E-state index in [1.54, 1.807) is 50.7 Å². The van der Waals surface area contributed by atoms with Gasteiger partial charge in [0.1, 0.15) is 17.3 Å². The Morgan fingerprint density at radius 1 is 1.07 bits per heavy atom. The number of nitrogens with zero attached hydrogens (tertiary/aromatic N) is 1. The molecule has 3 aromatic rings. The molecule has 0 aliphatic rings. The van der Waals surface area contributed by atoms with Crippen LogP contribution in [0, 0.1) is 6.92 Å². The Morgan fingerprint density at radius 2 is 1.90 bits per heavy atom. The first kappa shape index (κ1) is 20.2. The van der Waals surface area contributed by atoms with Gasteiger partial charge in [0.25, 0.3) is 5.91 Å². The molecule has 0 bridgehead atoms. The summed E-state index contributed by atoms with van der Waals surface area (Å²) in [6.45, 7) is 4.16. The summed E-state index contributed by atoms with van der Waals surface area (Å²) in [5.41, 5.74) is 4.37. The lowest BCUT2D eigenvalue weighted by atomic mass is 10.1. The highest BCUT2D eigenvalue weighted by Crippen LogP contribution is 2.30. The Bertz CT molecular complexity index is 1020. The lowest BCUT2D eigenvalue weighted by molar-refractivity contribution is 0.102. The van der Waals surface area contributed by atoms with Crippen LogP contribution in [0.15, 0.2) is 54.7 Å². The molecular weight excluding hydrogens is 366 g/mol. The third-order valence-corrected chi connectivity index (χ3v) is 4.67. The first-order valence-corrected chi connectivity index (χ1v) is 9.40. The first-order chi connectivity index (χ1) is 14.0. The fourth-order valence-corrected chi connectivity index (χ4v) is 3.08. The number of hydrogen-bond acceptors (Lipinski definition) is 5. The average Bonchev–Trinajstić information content (AvgIpc) is 2.75. The Morgan fingerprint density at radius 3 is 2.62 bits per heavy atom. The maximum atomic E-state index is 12.8. The molecule has 2 aromatic carbocycles. The molecule has 3 rings (SSSR count). The van der Waals surface area contributed by atoms with Gasteiger partial charge in [0.15, 0.2) is 0 Å². The minimum absolute atomic E-state index is 0.262. The number of anilines is 3. The van der Waals surface area contributed by atoms with Crippen molar-refractivity contribution in [3.63, 3.8) is 0 Å². The number of nitrogens with one attached hydrogen (secondary N) is 2. The van der Waals surface area contributed by atoms with Crippen molar-refractivity contribution in [2.75, 3.05) is 24.9 Å². The van der Waals surface area contributed by atoms with Crippen molar-refractivity contribution in [1.82, 2.24) is 4.98 Å². The van der Waals surface area contributed by atoms with Crippen LogP contribution in [0.2, 0.25) is 0 Å². The first-order valence-electron chi connectivity index (χ1n) is 9.40. The second-order valence-electron chi connectivity index (χ2n) is 6.54. The molecule has 1 heterocycles. The lowest BCUT2D eigenvalue weighted by Crippen LogP contribution is -2.13. The summed E-state index contributed by atoms with van der Waals surface area (Å²) in [5, 5.41) is 6.23. The number of benzene rings is 2. The van der Waals surface area contributed by atoms with Crippen LogP contribution in [0.4, 0.5) is 17.2 Å². The highest BCUT2D eigenvalue weighted by Gasteiger charge is 2.13. The molecular formula is C23H25N3O3. The number of methoxy groups -OCH3 is 2. The zero-order valence-corrected chi connectivity index (χ0v) is 17.1. The Kier molecular flexibility index (Phi) is 6.34. The maximum Gasteiger partial charge on any atom is 0.255 e. The van der Waals surface area contributed by atoms with Crippen molar-refractivity contribution in [3.05, 3.63) is 71.4 Å². The monoisotopic (exact) mass is 391 g/mol. The van der Waals surface area contributed by atoms with Crippen molar-refractivity contribution in [1.29, 1.82) is 0 Å². The van der Waals surface area contributed by atoms with Gasteiger partial charge in [-0.1, -0.05) is 25.1 Å². The molecule has 0 atom stereocenters. The fourth-order valence-electron chi connectivity index (χ4n) is 3.08. The molecule has 0 spiro atoms. The molecule has 0 saturated carbocycles. The van der Waals surface area contributed by atoms with Crippen LogP contribution in [0.1, 0.15) is 28.4 Å². The molecule has 6 heteroatoms. The molecule has 6 nitrogen and oxygen atoms in total. The highest BCUT2D eigenvalue weighted by molar-refractivity contribution is 6.05. The smallest absolute Gasteiger partial charge is 0.255 e. The van der Waals surface area contributed by atoms with Gasteiger partial charge in [-0.25, -0.2) is 4.98 Å². The van der Waals surface area contributed by atoms with E-state index in [1.807, 2.05) is 19.1 Å². The zero-order chi connectivity index (χ0) is 20.8. The Balaban J connectivity index is 1.84. The lowest BCUT2D eigenvalue weighted by Gasteiger charge is -2.14. The van der Waals surface area contributed by atoms with E-state index in [0.717, 1.165) is 17.7 Å². The summed E-state index contributed by atoms with van der Waals surface area (Å²) >= 11 is 0. The fraction of sp³-hybridized carbons (Fsp3) is 0.217. The van der Waals surface area contributed by atoms with Crippen molar-refractivity contribution in [2.45, 2.75) is 20.3 Å². The van der Waals surface area contributed by atoms with Gasteiger partial charge in [0.05, 0.1) is 19.9 Å². The summed E-state index contributed by atoms with van der Waals surface area (Å²) in [6, 6.07) is 14.8. The quantitative estimate of drug-likeness (QED) is 0.595. The van der Waals surface area contributed by atoms with E-state index in [-0.39, 0.29) is 5.91 Å². The van der Waals surface area contributed by atoms with Gasteiger partial charge in [0.2, 0.25) is 0 Å². The van der Waals surface area contributed by atoms with Crippen LogP contribution in [-0.4, -0.2) is 25.1 Å². The average molecular weight is 391 g/mol. The van der Waals surface area contributed by atoms with Crippen LogP contribution in [0.25, 0.3) is 0 Å². The van der Waals surface area contributed by atoms with Gasteiger partial charge < -0.3 is 20.1 Å². The number of hydrogen-bond donors (Lipinski definition) is 2. The molecule has 1 amide bonds. The molecule has 0 radical (unpaired) electrons. The second kappa shape index (κ2) is 9.10. The molecule has 0 fully saturated rings. The number of carbonyl (C=O) groups is 1. The standard InChI is InChI=1S/C23H25N3O3/c1-5-16-8-6-7-15(2)22(16)26-21-13-17(11-12-24-21)23(27)25-19-14-18(28-3)9-10-20(19)29-4/h6-14H,5H2,1-4H3,(H,24,26)(H,25,27). The van der Waals surface area contributed by atoms with E-state index < -0.39 is 0 Å². The summed E-state index contributed by atoms with van der Waals surface area (Å²) in [5.74, 6) is 1.53. The molecule has 150 valence electrons. The van der Waals surface area contributed by atoms with Gasteiger partial charge in [-0.15, -0.1) is 0 Å². The van der Waals surface area contributed by atoms with E-state index in [1.165, 1.54) is 5.56 Å². The van der Waals surface area contributed by atoms with E-state index >= 15 is 0 Å². The Labute approximate surface area is 170 Å². The minimum Gasteiger partial charge on any atom is -0.497 e. The van der Waals surface area contributed by atoms with Crippen molar-refractivity contribution in [3.8, 4) is 11.5 Å². The third-order valence-electron chi connectivity index (χ3n) is 4.67. The zero-order valence-electron chi connectivity index (χ0n) is 17.1. The van der Waals surface area contributed by atoms with Crippen LogP contribution in [0.5, 0.6) is 11.5 Å². The largest absolute Gasteiger partial charge is 0.497 e. The number of rotatable bonds is 7. The SMILES string of the molecule is CCc1cccc(C)c1Nc1cc(C(=O)Nc2cc(OC)ccc2OC)ccn1. The van der Waals surface area contributed by atoms with Crippen molar-refractivity contribution < 1.29 is 14.3 Å². The van der Waals surface area contributed by atoms with Gasteiger partial charge in [-0.2, -0.15) is 0 Å². The topological polar surface area (TPSA) is 72.5 Å². The van der Waals surface area contributed by atoms with Gasteiger partial charge in [-0.3, -0.25) is 4.79 Å². The van der Waals surface area contributed by atoms with E-state index in [4.69, 9.17) is 9.47 Å². The molecule has 0 aliphatic carbocycles. The van der Waals surface area contributed by atoms with E-state index in [9.17, 15) is 4.79 Å². The summed E-state index contributed by atoms with van der Waals surface area (Å²) < 4.78 is 10.6. The van der Waals surface area contributed by atoms with Crippen molar-refractivity contribution in [2.24, 2.45) is 0 Å². The summed E-state index contributed by atoms with van der Waals surface area (Å²) in [7, 11) is 3.13. The van der Waals surface area contributed by atoms with Crippen LogP contribution in [-0.2, 0) is 6.42 Å². The number of pyridine rings is 1. The molecule has 29 heavy (non-hydrogen) atoms. The van der Waals surface area contributed by atoms with Gasteiger partial charge in [0, 0.05) is 23.5 Å². The summed E-state index contributed by atoms with van der Waals surface area (Å²) in [6.07, 6.45) is 2.52. The van der Waals surface area contributed by atoms with Crippen LogP contribution >= 0.6 is 0 Å². The maximum absolute atomic E-state index is 12.8. The number of ether oxygens (including phenoxy) is 2. The third kappa shape index (κ3) is 4.66. The summed E-state index contributed by atoms with van der Waals surface area (Å²) in [4.78, 5) is 17.2. The number of para-hydroxylation sites is 1. The highest BCUT2D eigenvalue weighted by atomic mass is 16.5. The number of aryl methyl sites for hydroxylation is 2. The van der Waals surface area contributed by atoms with E-state index in [2.05, 4.69) is 28.6 Å². The Hall–Kier alpha value is -3.54.